The van der Waals surface area contributed by atoms with E-state index < -0.39 is 41.5 Å². The van der Waals surface area contributed by atoms with Crippen LogP contribution in [-0.2, 0) is 19.2 Å². The van der Waals surface area contributed by atoms with Crippen molar-refractivity contribution in [3.63, 3.8) is 0 Å². The summed E-state index contributed by atoms with van der Waals surface area (Å²) in [6.45, 7) is 0.479. The summed E-state index contributed by atoms with van der Waals surface area (Å²) >= 11 is 12.5. The molecule has 3 atom stereocenters. The van der Waals surface area contributed by atoms with Gasteiger partial charge in [-0.25, -0.2) is 0 Å². The van der Waals surface area contributed by atoms with Gasteiger partial charge >= 0.3 is 0 Å². The maximum absolute atomic E-state index is 13.9. The fourth-order valence-corrected chi connectivity index (χ4v) is 7.37. The summed E-state index contributed by atoms with van der Waals surface area (Å²) < 4.78 is 0. The first-order valence-corrected chi connectivity index (χ1v) is 16.6. The van der Waals surface area contributed by atoms with Crippen LogP contribution in [0.1, 0.15) is 94.0 Å². The molecule has 2 saturated carbocycles. The summed E-state index contributed by atoms with van der Waals surface area (Å²) in [7, 11) is 0. The van der Waals surface area contributed by atoms with E-state index in [1.54, 1.807) is 18.2 Å². The van der Waals surface area contributed by atoms with Crippen LogP contribution in [0.5, 0.6) is 0 Å². The number of fused-ring (bicyclic) bond motifs is 1. The molecule has 238 valence electrons. The maximum Gasteiger partial charge on any atom is 0.289 e. The van der Waals surface area contributed by atoms with Gasteiger partial charge in [0, 0.05) is 34.4 Å². The molecule has 1 aromatic carbocycles. The third-order valence-corrected chi connectivity index (χ3v) is 9.82. The van der Waals surface area contributed by atoms with Crippen LogP contribution in [0.25, 0.3) is 10.9 Å². The minimum absolute atomic E-state index is 0.0138. The smallest absolute Gasteiger partial charge is 0.289 e. The number of halogens is 2. The van der Waals surface area contributed by atoms with Crippen molar-refractivity contribution >= 4 is 63.5 Å². The molecule has 5 N–H and O–H groups in total. The Morgan fingerprint density at radius 2 is 1.55 bits per heavy atom. The van der Waals surface area contributed by atoms with Crippen LogP contribution in [0.2, 0.25) is 10.0 Å². The van der Waals surface area contributed by atoms with Crippen molar-refractivity contribution in [3.05, 3.63) is 33.9 Å². The molecule has 3 aliphatic rings. The first-order valence-electron chi connectivity index (χ1n) is 15.9. The SMILES string of the molecule is O=C(NC1CCCCC1)C(=O)C(C[C@@H]1CCNC1=O)NC(=O)[C@H](CC1CCCCC1)NC(=O)c1cc2c(Cl)cc(Cl)cc2[nH]1. The first kappa shape index (κ1) is 32.3. The second-order valence-corrected chi connectivity index (χ2v) is 13.4. The highest BCUT2D eigenvalue weighted by atomic mass is 35.5. The number of rotatable bonds is 11. The lowest BCUT2D eigenvalue weighted by molar-refractivity contribution is -0.141. The van der Waals surface area contributed by atoms with Crippen LogP contribution >= 0.6 is 23.2 Å². The molecule has 5 rings (SSSR count). The molecule has 0 bridgehead atoms. The normalized spacial score (nSPS) is 21.0. The van der Waals surface area contributed by atoms with Crippen molar-refractivity contribution in [2.75, 3.05) is 6.54 Å². The van der Waals surface area contributed by atoms with Gasteiger partial charge in [0.1, 0.15) is 11.7 Å². The van der Waals surface area contributed by atoms with E-state index in [1.807, 2.05) is 0 Å². The second kappa shape index (κ2) is 14.8. The summed E-state index contributed by atoms with van der Waals surface area (Å²) in [4.78, 5) is 69.3. The van der Waals surface area contributed by atoms with Crippen molar-refractivity contribution in [2.45, 2.75) is 102 Å². The number of carbonyl (C=O) groups is 5. The average Bonchev–Trinajstić information content (AvgIpc) is 3.63. The quantitative estimate of drug-likeness (QED) is 0.227. The molecular weight excluding hydrogens is 605 g/mol. The predicted octanol–water partition coefficient (Wildman–Crippen LogP) is 4.57. The van der Waals surface area contributed by atoms with E-state index in [4.69, 9.17) is 23.2 Å². The number of aromatic nitrogens is 1. The van der Waals surface area contributed by atoms with Crippen molar-refractivity contribution in [2.24, 2.45) is 11.8 Å². The van der Waals surface area contributed by atoms with E-state index in [-0.39, 0.29) is 30.0 Å². The molecule has 10 nitrogen and oxygen atoms in total. The van der Waals surface area contributed by atoms with Crippen molar-refractivity contribution in [1.82, 2.24) is 26.3 Å². The number of benzene rings is 1. The minimum atomic E-state index is -1.19. The number of hydrogen-bond acceptors (Lipinski definition) is 5. The van der Waals surface area contributed by atoms with E-state index in [2.05, 4.69) is 26.3 Å². The van der Waals surface area contributed by atoms with Crippen LogP contribution in [-0.4, -0.2) is 59.1 Å². The van der Waals surface area contributed by atoms with Crippen LogP contribution in [0, 0.1) is 11.8 Å². The van der Waals surface area contributed by atoms with E-state index >= 15 is 0 Å². The van der Waals surface area contributed by atoms with Crippen LogP contribution in [0.4, 0.5) is 0 Å². The number of H-pyrrole nitrogens is 1. The fourth-order valence-electron chi connectivity index (χ4n) is 6.83. The van der Waals surface area contributed by atoms with Crippen molar-refractivity contribution in [3.8, 4) is 0 Å². The van der Waals surface area contributed by atoms with Crippen LogP contribution in [0.3, 0.4) is 0 Å². The fraction of sp³-hybridized carbons (Fsp3) is 0.594. The highest BCUT2D eigenvalue weighted by Gasteiger charge is 2.37. The number of carbonyl (C=O) groups excluding carboxylic acids is 5. The Kier molecular flexibility index (Phi) is 10.8. The summed E-state index contributed by atoms with van der Waals surface area (Å²) in [6.07, 6.45) is 10.7. The molecule has 2 aromatic rings. The number of Topliss-reactive ketones (excluding diaryl/α,β-unsaturated/α-hetero) is 1. The Balaban J connectivity index is 1.34. The average molecular weight is 647 g/mol. The molecule has 3 fully saturated rings. The zero-order valence-electron chi connectivity index (χ0n) is 24.8. The number of amides is 4. The molecule has 0 spiro atoms. The summed E-state index contributed by atoms with van der Waals surface area (Å²) in [5.41, 5.74) is 0.804. The second-order valence-electron chi connectivity index (χ2n) is 12.5. The number of hydrogen-bond donors (Lipinski definition) is 5. The molecule has 4 amide bonds. The zero-order valence-corrected chi connectivity index (χ0v) is 26.3. The molecular formula is C32H41Cl2N5O5. The topological polar surface area (TPSA) is 149 Å². The van der Waals surface area contributed by atoms with Gasteiger partial charge in [-0.05, 0) is 56.2 Å². The highest BCUT2D eigenvalue weighted by Crippen LogP contribution is 2.30. The number of ketones is 1. The van der Waals surface area contributed by atoms with Gasteiger partial charge in [0.05, 0.1) is 11.1 Å². The van der Waals surface area contributed by atoms with E-state index in [1.165, 1.54) is 0 Å². The monoisotopic (exact) mass is 645 g/mol. The lowest BCUT2D eigenvalue weighted by Gasteiger charge is -2.28. The van der Waals surface area contributed by atoms with Gasteiger partial charge in [-0.1, -0.05) is 74.6 Å². The van der Waals surface area contributed by atoms with Gasteiger partial charge in [0.25, 0.3) is 11.8 Å². The van der Waals surface area contributed by atoms with Gasteiger partial charge in [-0.3, -0.25) is 24.0 Å². The number of nitrogens with one attached hydrogen (secondary N) is 5. The highest BCUT2D eigenvalue weighted by molar-refractivity contribution is 6.39. The lowest BCUT2D eigenvalue weighted by Crippen LogP contribution is -2.55. The van der Waals surface area contributed by atoms with Crippen LogP contribution < -0.4 is 21.3 Å². The third-order valence-electron chi connectivity index (χ3n) is 9.29. The summed E-state index contributed by atoms with van der Waals surface area (Å²) in [5, 5.41) is 12.7. The molecule has 2 heterocycles. The zero-order chi connectivity index (χ0) is 31.2. The maximum atomic E-state index is 13.9. The van der Waals surface area contributed by atoms with Crippen molar-refractivity contribution < 1.29 is 24.0 Å². The number of aromatic amines is 1. The molecule has 44 heavy (non-hydrogen) atoms. The molecule has 2 aliphatic carbocycles. The molecule has 1 unspecified atom stereocenters. The predicted molar refractivity (Wildman–Crippen MR) is 168 cm³/mol. The van der Waals surface area contributed by atoms with E-state index in [9.17, 15) is 24.0 Å². The largest absolute Gasteiger partial charge is 0.356 e. The van der Waals surface area contributed by atoms with Crippen molar-refractivity contribution in [1.29, 1.82) is 0 Å². The molecule has 0 radical (unpaired) electrons. The first-order chi connectivity index (χ1) is 21.2. The van der Waals surface area contributed by atoms with Gasteiger partial charge in [0.15, 0.2) is 0 Å². The Morgan fingerprint density at radius 3 is 2.23 bits per heavy atom. The third kappa shape index (κ3) is 8.13. The lowest BCUT2D eigenvalue weighted by atomic mass is 9.84. The van der Waals surface area contributed by atoms with E-state index in [0.717, 1.165) is 64.2 Å². The molecule has 12 heteroatoms. The molecule has 1 aromatic heterocycles. The van der Waals surface area contributed by atoms with Gasteiger partial charge < -0.3 is 26.3 Å². The van der Waals surface area contributed by atoms with Gasteiger partial charge in [-0.2, -0.15) is 0 Å². The van der Waals surface area contributed by atoms with Gasteiger partial charge in [-0.15, -0.1) is 0 Å². The Hall–Kier alpha value is -3.11. The molecule has 1 aliphatic heterocycles. The molecule has 1 saturated heterocycles. The van der Waals surface area contributed by atoms with E-state index in [0.29, 0.717) is 40.3 Å². The Morgan fingerprint density at radius 1 is 0.841 bits per heavy atom. The van der Waals surface area contributed by atoms with Gasteiger partial charge in [0.2, 0.25) is 17.6 Å². The summed E-state index contributed by atoms with van der Waals surface area (Å²) in [5.74, 6) is -3.05. The minimum Gasteiger partial charge on any atom is -0.356 e. The van der Waals surface area contributed by atoms with Crippen LogP contribution in [0.15, 0.2) is 18.2 Å². The Bertz CT molecular complexity index is 1400. The Labute approximate surface area is 267 Å². The standard InChI is InChI=1S/C32H41Cl2N5O5/c33-20-15-23(34)22-17-27(37-24(22)16-20)31(43)39-26(13-18-7-3-1-4-8-18)30(42)38-25(14-19-11-12-35-29(19)41)28(40)32(44)36-21-9-5-2-6-10-21/h15-19,21,25-26,37H,1-14H2,(H,35,41)(H,36,44)(H,38,42)(H,39,43)/t19-,25?,26-/m0/s1. The summed E-state index contributed by atoms with van der Waals surface area (Å²) in [6, 6.07) is 2.64.